The average Bonchev–Trinajstić information content (AvgIpc) is 1.97. The molecule has 0 bridgehead atoms. The molecule has 3 heteroatoms. The predicted molar refractivity (Wildman–Crippen MR) is 43.1 cm³/mol. The van der Waals surface area contributed by atoms with Gasteiger partial charge >= 0.3 is 0 Å². The van der Waals surface area contributed by atoms with Crippen molar-refractivity contribution in [2.45, 2.75) is 6.42 Å². The minimum atomic E-state index is 0.296. The van der Waals surface area contributed by atoms with E-state index < -0.39 is 0 Å². The molecule has 0 aromatic rings. The second-order valence-corrected chi connectivity index (χ2v) is 2.48. The monoisotopic (exact) mass is 146 g/mol. The number of aliphatic hydroxyl groups excluding tert-OH is 1. The van der Waals surface area contributed by atoms with Crippen molar-refractivity contribution in [2.75, 3.05) is 40.3 Å². The summed E-state index contributed by atoms with van der Waals surface area (Å²) in [5.74, 6) is 0. The largest absolute Gasteiger partial charge is 0.396 e. The molecule has 2 N–H and O–H groups in total. The van der Waals surface area contributed by atoms with Crippen LogP contribution in [-0.2, 0) is 0 Å². The maximum atomic E-state index is 8.50. The lowest BCUT2D eigenvalue weighted by atomic mass is 10.4. The van der Waals surface area contributed by atoms with Gasteiger partial charge in [0, 0.05) is 26.2 Å². The molecule has 0 aromatic heterocycles. The smallest absolute Gasteiger partial charge is 0.0443 e. The molecule has 0 saturated carbocycles. The van der Waals surface area contributed by atoms with Gasteiger partial charge in [-0.25, -0.2) is 0 Å². The van der Waals surface area contributed by atoms with Gasteiger partial charge in [0.25, 0.3) is 0 Å². The van der Waals surface area contributed by atoms with Crippen LogP contribution < -0.4 is 5.32 Å². The van der Waals surface area contributed by atoms with Crippen molar-refractivity contribution in [1.29, 1.82) is 0 Å². The van der Waals surface area contributed by atoms with Crippen LogP contribution in [0.1, 0.15) is 6.42 Å². The Morgan fingerprint density at radius 3 is 2.60 bits per heavy atom. The van der Waals surface area contributed by atoms with Crippen LogP contribution in [0.3, 0.4) is 0 Å². The molecule has 0 atom stereocenters. The highest BCUT2D eigenvalue weighted by Crippen LogP contribution is 1.83. The van der Waals surface area contributed by atoms with Gasteiger partial charge in [0.1, 0.15) is 0 Å². The molecule has 0 unspecified atom stereocenters. The van der Waals surface area contributed by atoms with Gasteiger partial charge in [-0.1, -0.05) is 0 Å². The Bertz CT molecular complexity index is 60.6. The van der Waals surface area contributed by atoms with Crippen molar-refractivity contribution in [3.05, 3.63) is 0 Å². The van der Waals surface area contributed by atoms with Crippen molar-refractivity contribution in [3.63, 3.8) is 0 Å². The topological polar surface area (TPSA) is 35.5 Å². The average molecular weight is 146 g/mol. The number of hydrogen-bond acceptors (Lipinski definition) is 3. The van der Waals surface area contributed by atoms with E-state index in [0.29, 0.717) is 6.61 Å². The number of nitrogens with zero attached hydrogens (tertiary/aromatic N) is 1. The molecule has 62 valence electrons. The molecule has 0 rings (SSSR count). The third-order valence-electron chi connectivity index (χ3n) is 1.44. The molecule has 0 aromatic carbocycles. The Balaban J connectivity index is 3.00. The molecule has 0 spiro atoms. The van der Waals surface area contributed by atoms with Crippen LogP contribution in [0.2, 0.25) is 0 Å². The number of aliphatic hydroxyl groups is 1. The van der Waals surface area contributed by atoms with Gasteiger partial charge in [0.2, 0.25) is 0 Å². The number of likely N-dealkylation sites (N-methyl/N-ethyl adjacent to an activating group) is 2. The zero-order valence-corrected chi connectivity index (χ0v) is 6.93. The zero-order chi connectivity index (χ0) is 7.82. The molecule has 10 heavy (non-hydrogen) atoms. The van der Waals surface area contributed by atoms with Gasteiger partial charge in [0.05, 0.1) is 0 Å². The van der Waals surface area contributed by atoms with Crippen LogP contribution in [0.4, 0.5) is 0 Å². The first-order valence-corrected chi connectivity index (χ1v) is 3.75. The van der Waals surface area contributed by atoms with E-state index in [2.05, 4.69) is 17.3 Å². The van der Waals surface area contributed by atoms with Crippen molar-refractivity contribution in [1.82, 2.24) is 10.2 Å². The molecule has 0 radical (unpaired) electrons. The van der Waals surface area contributed by atoms with E-state index in [4.69, 9.17) is 5.11 Å². The van der Waals surface area contributed by atoms with E-state index in [0.717, 1.165) is 26.1 Å². The Hall–Kier alpha value is -0.120. The number of hydrogen-bond donors (Lipinski definition) is 2. The molecular formula is C7H18N2O. The van der Waals surface area contributed by atoms with Gasteiger partial charge in [-0.2, -0.15) is 0 Å². The first-order chi connectivity index (χ1) is 4.81. The summed E-state index contributed by atoms with van der Waals surface area (Å²) in [6, 6.07) is 0. The van der Waals surface area contributed by atoms with Crippen molar-refractivity contribution in [3.8, 4) is 0 Å². The molecule has 0 aliphatic rings. The lowest BCUT2D eigenvalue weighted by Crippen LogP contribution is -2.28. The summed E-state index contributed by atoms with van der Waals surface area (Å²) in [6.07, 6.45) is 0.875. The van der Waals surface area contributed by atoms with Crippen molar-refractivity contribution >= 4 is 0 Å². The van der Waals surface area contributed by atoms with Crippen LogP contribution in [0.25, 0.3) is 0 Å². The maximum absolute atomic E-state index is 8.50. The van der Waals surface area contributed by atoms with E-state index in [9.17, 15) is 0 Å². The SMILES string of the molecule is CNCCN(C)CCCO. The number of nitrogens with one attached hydrogen (secondary N) is 1. The highest BCUT2D eigenvalue weighted by molar-refractivity contribution is 4.51. The fourth-order valence-electron chi connectivity index (χ4n) is 0.755. The van der Waals surface area contributed by atoms with E-state index >= 15 is 0 Å². The van der Waals surface area contributed by atoms with E-state index in [-0.39, 0.29) is 0 Å². The van der Waals surface area contributed by atoms with Crippen LogP contribution in [0, 0.1) is 0 Å². The molecule has 0 amide bonds. The van der Waals surface area contributed by atoms with Gasteiger partial charge in [-0.05, 0) is 20.5 Å². The summed E-state index contributed by atoms with van der Waals surface area (Å²) < 4.78 is 0. The number of rotatable bonds is 6. The Morgan fingerprint density at radius 2 is 2.10 bits per heavy atom. The molecule has 0 aliphatic heterocycles. The maximum Gasteiger partial charge on any atom is 0.0443 e. The summed E-state index contributed by atoms with van der Waals surface area (Å²) in [4.78, 5) is 2.20. The van der Waals surface area contributed by atoms with Gasteiger partial charge in [-0.3, -0.25) is 0 Å². The van der Waals surface area contributed by atoms with Crippen LogP contribution >= 0.6 is 0 Å². The van der Waals surface area contributed by atoms with Crippen molar-refractivity contribution in [2.24, 2.45) is 0 Å². The van der Waals surface area contributed by atoms with E-state index in [1.54, 1.807) is 0 Å². The molecule has 0 aliphatic carbocycles. The highest BCUT2D eigenvalue weighted by Gasteiger charge is 1.94. The molecule has 0 fully saturated rings. The zero-order valence-electron chi connectivity index (χ0n) is 6.93. The van der Waals surface area contributed by atoms with E-state index in [1.165, 1.54) is 0 Å². The van der Waals surface area contributed by atoms with Gasteiger partial charge < -0.3 is 15.3 Å². The highest BCUT2D eigenvalue weighted by atomic mass is 16.3. The second kappa shape index (κ2) is 6.99. The van der Waals surface area contributed by atoms with Crippen LogP contribution in [-0.4, -0.2) is 50.3 Å². The van der Waals surface area contributed by atoms with Crippen molar-refractivity contribution < 1.29 is 5.11 Å². The lowest BCUT2D eigenvalue weighted by Gasteiger charge is -2.14. The Kier molecular flexibility index (Phi) is 6.91. The fraction of sp³-hybridized carbons (Fsp3) is 1.00. The Morgan fingerprint density at radius 1 is 1.40 bits per heavy atom. The second-order valence-electron chi connectivity index (χ2n) is 2.48. The predicted octanol–water partition coefficient (Wildman–Crippen LogP) is -0.480. The Labute approximate surface area is 63.0 Å². The minimum absolute atomic E-state index is 0.296. The summed E-state index contributed by atoms with van der Waals surface area (Å²) in [7, 11) is 4.01. The van der Waals surface area contributed by atoms with E-state index in [1.807, 2.05) is 7.05 Å². The quantitative estimate of drug-likeness (QED) is 0.531. The standard InChI is InChI=1S/C7H18N2O/c1-8-4-6-9(2)5-3-7-10/h8,10H,3-7H2,1-2H3. The van der Waals surface area contributed by atoms with Crippen LogP contribution in [0.15, 0.2) is 0 Å². The third-order valence-corrected chi connectivity index (χ3v) is 1.44. The molecule has 0 saturated heterocycles. The summed E-state index contributed by atoms with van der Waals surface area (Å²) >= 11 is 0. The molecule has 3 nitrogen and oxygen atoms in total. The summed E-state index contributed by atoms with van der Waals surface area (Å²) in [5, 5.41) is 11.6. The third kappa shape index (κ3) is 6.01. The summed E-state index contributed by atoms with van der Waals surface area (Å²) in [5.41, 5.74) is 0. The minimum Gasteiger partial charge on any atom is -0.396 e. The van der Waals surface area contributed by atoms with Crippen LogP contribution in [0.5, 0.6) is 0 Å². The molecular weight excluding hydrogens is 128 g/mol. The fourth-order valence-corrected chi connectivity index (χ4v) is 0.755. The normalized spacial score (nSPS) is 10.8. The molecule has 0 heterocycles. The van der Waals surface area contributed by atoms with Gasteiger partial charge in [0.15, 0.2) is 0 Å². The first-order valence-electron chi connectivity index (χ1n) is 3.75. The lowest BCUT2D eigenvalue weighted by molar-refractivity contribution is 0.248. The van der Waals surface area contributed by atoms with Gasteiger partial charge in [-0.15, -0.1) is 0 Å². The summed E-state index contributed by atoms with van der Waals surface area (Å²) in [6.45, 7) is 3.35. The first kappa shape index (κ1) is 9.88.